The second kappa shape index (κ2) is 16.4. The number of hydrogen-bond acceptors (Lipinski definition) is 8. The first kappa shape index (κ1) is 33.2. The zero-order valence-electron chi connectivity index (χ0n) is 26.3. The molecule has 4 rings (SSSR count). The smallest absolute Gasteiger partial charge is 0.329 e. The molecule has 2 fully saturated rings. The summed E-state index contributed by atoms with van der Waals surface area (Å²) in [4.78, 5) is 29.9. The summed E-state index contributed by atoms with van der Waals surface area (Å²) in [5.74, 6) is 0.329. The van der Waals surface area contributed by atoms with Gasteiger partial charge in [-0.15, -0.1) is 6.58 Å². The van der Waals surface area contributed by atoms with E-state index in [2.05, 4.69) is 6.58 Å². The average Bonchev–Trinajstić information content (AvgIpc) is 3.05. The molecule has 2 aromatic carbocycles. The molecular weight excluding hydrogens is 562 g/mol. The third-order valence-electron chi connectivity index (χ3n) is 8.73. The lowest BCUT2D eigenvalue weighted by Crippen LogP contribution is -2.52. The van der Waals surface area contributed by atoms with Crippen LogP contribution in [0.1, 0.15) is 74.8 Å². The number of phenolic OH excluding ortho intramolecular Hbond substituents is 1. The van der Waals surface area contributed by atoms with Crippen LogP contribution in [0, 0.1) is 5.92 Å². The fraction of sp³-hybridized carbons (Fsp3) is 0.543. The molecule has 44 heavy (non-hydrogen) atoms. The molecule has 0 spiro atoms. The molecule has 0 unspecified atom stereocenters. The Morgan fingerprint density at radius 2 is 1.70 bits per heavy atom. The molecule has 1 aliphatic carbocycles. The van der Waals surface area contributed by atoms with Gasteiger partial charge in [0, 0.05) is 13.0 Å². The van der Waals surface area contributed by atoms with E-state index in [0.717, 1.165) is 56.3 Å². The van der Waals surface area contributed by atoms with Gasteiger partial charge in [0.2, 0.25) is 11.7 Å². The number of methoxy groups -OCH3 is 3. The number of benzene rings is 2. The number of phenols is 1. The van der Waals surface area contributed by atoms with Gasteiger partial charge in [-0.2, -0.15) is 0 Å². The minimum Gasteiger partial charge on any atom is -0.504 e. The van der Waals surface area contributed by atoms with Crippen molar-refractivity contribution in [1.29, 1.82) is 0 Å². The minimum atomic E-state index is -0.690. The number of hydrogen-bond donors (Lipinski definition) is 1. The van der Waals surface area contributed by atoms with Gasteiger partial charge >= 0.3 is 5.97 Å². The second-order valence-corrected chi connectivity index (χ2v) is 11.6. The third-order valence-corrected chi connectivity index (χ3v) is 8.73. The van der Waals surface area contributed by atoms with Crippen molar-refractivity contribution in [3.05, 3.63) is 60.2 Å². The van der Waals surface area contributed by atoms with Gasteiger partial charge in [0.1, 0.15) is 17.9 Å². The summed E-state index contributed by atoms with van der Waals surface area (Å²) < 4.78 is 27.9. The number of piperidine rings is 1. The summed E-state index contributed by atoms with van der Waals surface area (Å²) >= 11 is 0. The highest BCUT2D eigenvalue weighted by Gasteiger charge is 2.41. The van der Waals surface area contributed by atoms with Crippen molar-refractivity contribution in [2.75, 3.05) is 34.5 Å². The highest BCUT2D eigenvalue weighted by molar-refractivity contribution is 5.89. The van der Waals surface area contributed by atoms with E-state index < -0.39 is 24.0 Å². The molecule has 2 aromatic rings. The zero-order valence-corrected chi connectivity index (χ0v) is 26.3. The van der Waals surface area contributed by atoms with Gasteiger partial charge in [0.25, 0.3) is 0 Å². The number of esters is 1. The Hall–Kier alpha value is -3.72. The molecule has 1 N–H and O–H groups in total. The van der Waals surface area contributed by atoms with Gasteiger partial charge in [-0.3, -0.25) is 4.79 Å². The summed E-state index contributed by atoms with van der Waals surface area (Å²) in [5, 5.41) is 10.8. The minimum absolute atomic E-state index is 0.0769. The van der Waals surface area contributed by atoms with Crippen LogP contribution in [0.4, 0.5) is 0 Å². The molecule has 2 aliphatic rings. The van der Waals surface area contributed by atoms with Crippen LogP contribution in [0.3, 0.4) is 0 Å². The summed E-state index contributed by atoms with van der Waals surface area (Å²) in [5.41, 5.74) is 1.65. The predicted octanol–water partition coefficient (Wildman–Crippen LogP) is 6.17. The van der Waals surface area contributed by atoms with Crippen LogP contribution in [0.5, 0.6) is 23.0 Å². The molecule has 0 aromatic heterocycles. The molecule has 0 radical (unpaired) electrons. The number of aromatic hydroxyl groups is 1. The molecule has 1 aliphatic heterocycles. The van der Waals surface area contributed by atoms with E-state index in [1.165, 1.54) is 14.2 Å². The van der Waals surface area contributed by atoms with Gasteiger partial charge in [-0.05, 0) is 73.4 Å². The van der Waals surface area contributed by atoms with Gasteiger partial charge in [0.05, 0.1) is 40.5 Å². The molecule has 240 valence electrons. The van der Waals surface area contributed by atoms with E-state index in [1.54, 1.807) is 30.2 Å². The van der Waals surface area contributed by atoms with E-state index in [-0.39, 0.29) is 29.9 Å². The summed E-state index contributed by atoms with van der Waals surface area (Å²) in [7, 11) is 4.60. The monoisotopic (exact) mass is 609 g/mol. The van der Waals surface area contributed by atoms with Crippen LogP contribution < -0.4 is 14.2 Å². The normalized spacial score (nSPS) is 18.6. The molecule has 1 heterocycles. The van der Waals surface area contributed by atoms with Crippen molar-refractivity contribution >= 4 is 11.9 Å². The van der Waals surface area contributed by atoms with E-state index in [1.807, 2.05) is 24.3 Å². The van der Waals surface area contributed by atoms with Crippen molar-refractivity contribution < 1.29 is 38.4 Å². The molecule has 1 amide bonds. The summed E-state index contributed by atoms with van der Waals surface area (Å²) in [6.07, 6.45) is 8.83. The van der Waals surface area contributed by atoms with E-state index in [9.17, 15) is 14.7 Å². The Bertz CT molecular complexity index is 1240. The first-order valence-corrected chi connectivity index (χ1v) is 15.7. The Labute approximate surface area is 261 Å². The predicted molar refractivity (Wildman–Crippen MR) is 167 cm³/mol. The summed E-state index contributed by atoms with van der Waals surface area (Å²) in [6, 6.07) is 10.3. The summed E-state index contributed by atoms with van der Waals surface area (Å²) in [6.45, 7) is 4.87. The van der Waals surface area contributed by atoms with Gasteiger partial charge in [0.15, 0.2) is 11.5 Å². The van der Waals surface area contributed by atoms with Crippen molar-refractivity contribution in [3.63, 3.8) is 0 Å². The second-order valence-electron chi connectivity index (χ2n) is 11.6. The van der Waals surface area contributed by atoms with Crippen LogP contribution in [0.2, 0.25) is 0 Å². The fourth-order valence-corrected chi connectivity index (χ4v) is 6.46. The zero-order chi connectivity index (χ0) is 31.5. The van der Waals surface area contributed by atoms with Gasteiger partial charge < -0.3 is 33.7 Å². The highest BCUT2D eigenvalue weighted by Crippen LogP contribution is 2.44. The van der Waals surface area contributed by atoms with Crippen molar-refractivity contribution in [1.82, 2.24) is 4.90 Å². The first-order chi connectivity index (χ1) is 21.4. The van der Waals surface area contributed by atoms with Crippen molar-refractivity contribution in [3.8, 4) is 23.0 Å². The van der Waals surface area contributed by atoms with Crippen LogP contribution >= 0.6 is 0 Å². The van der Waals surface area contributed by atoms with E-state index in [4.69, 9.17) is 23.7 Å². The maximum atomic E-state index is 14.5. The van der Waals surface area contributed by atoms with E-state index >= 15 is 0 Å². The highest BCUT2D eigenvalue weighted by atomic mass is 16.6. The Balaban J connectivity index is 1.51. The largest absolute Gasteiger partial charge is 0.504 e. The van der Waals surface area contributed by atoms with Crippen molar-refractivity contribution in [2.45, 2.75) is 82.5 Å². The quantitative estimate of drug-likeness (QED) is 0.200. The van der Waals surface area contributed by atoms with Gasteiger partial charge in [-0.25, -0.2) is 4.79 Å². The van der Waals surface area contributed by atoms with Crippen molar-refractivity contribution in [2.24, 2.45) is 5.92 Å². The Morgan fingerprint density at radius 3 is 2.36 bits per heavy atom. The molecular formula is C35H47NO8. The van der Waals surface area contributed by atoms with E-state index in [0.29, 0.717) is 37.3 Å². The number of ether oxygens (including phenoxy) is 5. The van der Waals surface area contributed by atoms with Crippen LogP contribution in [0.15, 0.2) is 49.1 Å². The number of nitrogens with zero attached hydrogens (tertiary/aromatic N) is 1. The lowest BCUT2D eigenvalue weighted by Gasteiger charge is -2.39. The average molecular weight is 610 g/mol. The molecule has 1 saturated heterocycles. The Morgan fingerprint density at radius 1 is 0.977 bits per heavy atom. The molecule has 3 atom stereocenters. The standard InChI is InChI=1S/C35H47NO8/c1-5-11-28(23-43-22-24-15-17-27(40-2)18-16-24)44-35(39)29-14-9-10-19-36(29)34(38)32(25-12-7-6-8-13-25)26-20-30(37)33(42-4)31(21-26)41-3/h5,15-18,20-21,25,28-29,32,37H,1,6-14,19,22-23H2,2-4H3/t28-,29-,32-/m0/s1. The number of likely N-dealkylation sites (tertiary alicyclic amines) is 1. The first-order valence-electron chi connectivity index (χ1n) is 15.7. The molecule has 0 bridgehead atoms. The molecule has 9 heteroatoms. The molecule has 1 saturated carbocycles. The van der Waals surface area contributed by atoms with Crippen LogP contribution in [0.25, 0.3) is 0 Å². The maximum absolute atomic E-state index is 14.5. The lowest BCUT2D eigenvalue weighted by atomic mass is 9.75. The topological polar surface area (TPSA) is 104 Å². The van der Waals surface area contributed by atoms with Crippen LogP contribution in [-0.4, -0.2) is 68.5 Å². The number of rotatable bonds is 14. The Kier molecular flexibility index (Phi) is 12.4. The number of amides is 1. The third kappa shape index (κ3) is 8.25. The lowest BCUT2D eigenvalue weighted by molar-refractivity contribution is -0.164. The number of carbonyl (C=O) groups excluding carboxylic acids is 2. The maximum Gasteiger partial charge on any atom is 0.329 e. The van der Waals surface area contributed by atoms with Gasteiger partial charge in [-0.1, -0.05) is 37.5 Å². The SMILES string of the molecule is C=CC[C@@H](COCc1ccc(OC)cc1)OC(=O)[C@@H]1CCCCN1C(=O)[C@H](c1cc(O)c(OC)c(OC)c1)C1CCCCC1. The molecule has 9 nitrogen and oxygen atoms in total. The fourth-order valence-electron chi connectivity index (χ4n) is 6.46. The van der Waals surface area contributed by atoms with Crippen LogP contribution in [-0.2, 0) is 25.7 Å². The number of carbonyl (C=O) groups is 2.